The number of carbonyl (C=O) groups is 2. The number of rotatable bonds is 9. The summed E-state index contributed by atoms with van der Waals surface area (Å²) in [5, 5.41) is 3.02. The molecule has 1 aliphatic heterocycles. The number of likely N-dealkylation sites (N-methyl/N-ethyl adjacent to an activating group) is 1. The lowest BCUT2D eigenvalue weighted by atomic mass is 9.92. The molecule has 1 N–H and O–H groups in total. The van der Waals surface area contributed by atoms with Crippen molar-refractivity contribution in [3.05, 3.63) is 59.7 Å². The predicted octanol–water partition coefficient (Wildman–Crippen LogP) is 4.81. The Balaban J connectivity index is 0.000000678. The van der Waals surface area contributed by atoms with Gasteiger partial charge in [-0.1, -0.05) is 31.2 Å². The summed E-state index contributed by atoms with van der Waals surface area (Å²) in [7, 11) is 1.71. The minimum atomic E-state index is -0.605. The summed E-state index contributed by atoms with van der Waals surface area (Å²) < 4.78 is 10.9. The van der Waals surface area contributed by atoms with Gasteiger partial charge in [-0.25, -0.2) is 0 Å². The molecule has 0 saturated carbocycles. The Morgan fingerprint density at radius 1 is 1.17 bits per heavy atom. The topological polar surface area (TPSA) is 71.1 Å². The monoisotopic (exact) mass is 497 g/mol. The average Bonchev–Trinajstić information content (AvgIpc) is 2.86. The molecule has 0 spiro atoms. The molecule has 1 aliphatic rings. The maximum absolute atomic E-state index is 13.0. The molecule has 2 aromatic rings. The lowest BCUT2D eigenvalue weighted by molar-refractivity contribution is -0.133. The Kier molecular flexibility index (Phi) is 11.4. The zero-order valence-electron chi connectivity index (χ0n) is 22.9. The molecule has 7 nitrogen and oxygen atoms in total. The number of nitrogens with one attached hydrogen (secondary N) is 1. The third-order valence-electron chi connectivity index (χ3n) is 6.19. The molecule has 0 fully saturated rings. The number of ether oxygens (including phenoxy) is 2. The van der Waals surface area contributed by atoms with Crippen molar-refractivity contribution in [2.24, 2.45) is 0 Å². The van der Waals surface area contributed by atoms with Crippen LogP contribution >= 0.6 is 0 Å². The van der Waals surface area contributed by atoms with Crippen LogP contribution in [0.2, 0.25) is 0 Å². The number of fused-ring (bicyclic) bond motifs is 1. The summed E-state index contributed by atoms with van der Waals surface area (Å²) in [6, 6.07) is 15.2. The first-order valence-electron chi connectivity index (χ1n) is 12.7. The van der Waals surface area contributed by atoms with Gasteiger partial charge in [0.2, 0.25) is 12.3 Å². The fourth-order valence-electron chi connectivity index (χ4n) is 3.92. The molecule has 7 heteroatoms. The van der Waals surface area contributed by atoms with E-state index in [2.05, 4.69) is 31.0 Å². The molecule has 1 heterocycles. The van der Waals surface area contributed by atoms with E-state index >= 15 is 0 Å². The van der Waals surface area contributed by atoms with Gasteiger partial charge in [0, 0.05) is 32.8 Å². The van der Waals surface area contributed by atoms with E-state index in [0.29, 0.717) is 25.6 Å². The fourth-order valence-corrected chi connectivity index (χ4v) is 3.92. The maximum Gasteiger partial charge on any atom is 0.247 e. The third kappa shape index (κ3) is 8.95. The van der Waals surface area contributed by atoms with Crippen molar-refractivity contribution in [2.75, 3.05) is 33.3 Å². The van der Waals surface area contributed by atoms with E-state index in [4.69, 9.17) is 9.47 Å². The first-order valence-corrected chi connectivity index (χ1v) is 12.7. The number of amides is 2. The highest BCUT2D eigenvalue weighted by molar-refractivity contribution is 5.86. The number of para-hydroxylation sites is 1. The van der Waals surface area contributed by atoms with Crippen molar-refractivity contribution in [1.82, 2.24) is 15.1 Å². The quantitative estimate of drug-likeness (QED) is 0.504. The number of hydrogen-bond donors (Lipinski definition) is 1. The van der Waals surface area contributed by atoms with Crippen LogP contribution in [-0.2, 0) is 20.7 Å². The molecule has 2 amide bonds. The van der Waals surface area contributed by atoms with Gasteiger partial charge in [-0.3, -0.25) is 14.5 Å². The van der Waals surface area contributed by atoms with Crippen molar-refractivity contribution in [1.29, 1.82) is 0 Å². The van der Waals surface area contributed by atoms with Gasteiger partial charge in [0.05, 0.1) is 5.60 Å². The summed E-state index contributed by atoms with van der Waals surface area (Å²) in [5.74, 6) is 1.36. The Morgan fingerprint density at radius 2 is 1.83 bits per heavy atom. The van der Waals surface area contributed by atoms with Crippen molar-refractivity contribution < 1.29 is 19.1 Å². The smallest absolute Gasteiger partial charge is 0.247 e. The van der Waals surface area contributed by atoms with Crippen LogP contribution < -0.4 is 10.1 Å². The molecule has 1 atom stereocenters. The molecule has 0 saturated heterocycles. The van der Waals surface area contributed by atoms with Crippen molar-refractivity contribution in [3.63, 3.8) is 0 Å². The van der Waals surface area contributed by atoms with Gasteiger partial charge in [-0.2, -0.15) is 0 Å². The van der Waals surface area contributed by atoms with Gasteiger partial charge in [-0.15, -0.1) is 0 Å². The lowest BCUT2D eigenvalue weighted by Crippen LogP contribution is -2.46. The highest BCUT2D eigenvalue weighted by Gasteiger charge is 2.32. The standard InChI is InChI=1S/C24H31N3O3.C5H12O/c1-4-26(18(2)3)15-13-25-24(29)23-22-11-10-21(30-20-8-6-5-7-9-20)16-19(22)12-14-27(23)17-28;1-5(2,3)6-4/h5-11,16-18,23H,4,12-15H2,1-3H3,(H,25,29);1-4H3. The second kappa shape index (κ2) is 14.0. The first-order chi connectivity index (χ1) is 17.1. The zero-order valence-corrected chi connectivity index (χ0v) is 22.9. The van der Waals surface area contributed by atoms with Crippen LogP contribution in [-0.4, -0.2) is 67.0 Å². The van der Waals surface area contributed by atoms with Crippen LogP contribution in [0.5, 0.6) is 11.5 Å². The summed E-state index contributed by atoms with van der Waals surface area (Å²) in [4.78, 5) is 28.5. The van der Waals surface area contributed by atoms with Gasteiger partial charge in [0.1, 0.15) is 17.5 Å². The molecule has 1 unspecified atom stereocenters. The summed E-state index contributed by atoms with van der Waals surface area (Å²) >= 11 is 0. The van der Waals surface area contributed by atoms with Crippen LogP contribution in [0.4, 0.5) is 0 Å². The van der Waals surface area contributed by atoms with Gasteiger partial charge in [0.15, 0.2) is 0 Å². The summed E-state index contributed by atoms with van der Waals surface area (Å²) in [5.41, 5.74) is 1.95. The number of hydrogen-bond acceptors (Lipinski definition) is 5. The molecule has 3 rings (SSSR count). The second-order valence-electron chi connectivity index (χ2n) is 10.1. The molecule has 0 bridgehead atoms. The molecule has 0 aromatic heterocycles. The van der Waals surface area contributed by atoms with E-state index in [-0.39, 0.29) is 11.5 Å². The first kappa shape index (κ1) is 29.3. The van der Waals surface area contributed by atoms with Crippen molar-refractivity contribution in [2.45, 2.75) is 65.6 Å². The average molecular weight is 498 g/mol. The number of methoxy groups -OCH3 is 1. The molecule has 2 aromatic carbocycles. The van der Waals surface area contributed by atoms with E-state index in [1.807, 2.05) is 69.3 Å². The normalized spacial score (nSPS) is 15.1. The largest absolute Gasteiger partial charge is 0.457 e. The van der Waals surface area contributed by atoms with Crippen LogP contribution in [0, 0.1) is 0 Å². The number of carbonyl (C=O) groups excluding carboxylic acids is 2. The van der Waals surface area contributed by atoms with Gasteiger partial charge in [-0.05, 0) is 83.0 Å². The molecular weight excluding hydrogens is 454 g/mol. The second-order valence-corrected chi connectivity index (χ2v) is 10.1. The van der Waals surface area contributed by atoms with Crippen molar-refractivity contribution >= 4 is 12.3 Å². The van der Waals surface area contributed by atoms with Crippen LogP contribution in [0.15, 0.2) is 48.5 Å². The maximum atomic E-state index is 13.0. The highest BCUT2D eigenvalue weighted by Crippen LogP contribution is 2.33. The highest BCUT2D eigenvalue weighted by atomic mass is 16.5. The van der Waals surface area contributed by atoms with Gasteiger partial charge < -0.3 is 19.7 Å². The third-order valence-corrected chi connectivity index (χ3v) is 6.19. The molecule has 0 radical (unpaired) electrons. The Bertz CT molecular complexity index is 957. The fraction of sp³-hybridized carbons (Fsp3) is 0.517. The van der Waals surface area contributed by atoms with Crippen LogP contribution in [0.1, 0.15) is 58.7 Å². The summed E-state index contributed by atoms with van der Waals surface area (Å²) in [6.07, 6.45) is 1.47. The van der Waals surface area contributed by atoms with E-state index in [9.17, 15) is 9.59 Å². The van der Waals surface area contributed by atoms with E-state index in [1.54, 1.807) is 12.0 Å². The number of nitrogens with zero attached hydrogens (tertiary/aromatic N) is 2. The molecule has 36 heavy (non-hydrogen) atoms. The van der Waals surface area contributed by atoms with E-state index in [0.717, 1.165) is 42.1 Å². The number of benzene rings is 2. The molecular formula is C29H43N3O4. The van der Waals surface area contributed by atoms with Crippen molar-refractivity contribution in [3.8, 4) is 11.5 Å². The lowest BCUT2D eigenvalue weighted by Gasteiger charge is -2.34. The predicted molar refractivity (Wildman–Crippen MR) is 144 cm³/mol. The minimum absolute atomic E-state index is 0.0417. The van der Waals surface area contributed by atoms with Gasteiger partial charge >= 0.3 is 0 Å². The molecule has 0 aliphatic carbocycles. The zero-order chi connectivity index (χ0) is 26.7. The Labute approximate surface area is 216 Å². The SMILES string of the molecule is CCN(CCNC(=O)C1c2ccc(Oc3ccccc3)cc2CCN1C=O)C(C)C.COC(C)(C)C. The Morgan fingerprint density at radius 3 is 2.39 bits per heavy atom. The minimum Gasteiger partial charge on any atom is -0.457 e. The van der Waals surface area contributed by atoms with Crippen LogP contribution in [0.25, 0.3) is 0 Å². The van der Waals surface area contributed by atoms with E-state index < -0.39 is 6.04 Å². The Hall–Kier alpha value is -2.90. The molecule has 198 valence electrons. The van der Waals surface area contributed by atoms with E-state index in [1.165, 1.54) is 0 Å². The van der Waals surface area contributed by atoms with Gasteiger partial charge in [0.25, 0.3) is 0 Å². The van der Waals surface area contributed by atoms with Crippen LogP contribution in [0.3, 0.4) is 0 Å². The summed E-state index contributed by atoms with van der Waals surface area (Å²) in [6.45, 7) is 15.2.